The highest BCUT2D eigenvalue weighted by atomic mass is 32.2. The number of anilines is 1. The number of amides is 5. The van der Waals surface area contributed by atoms with Crippen LogP contribution >= 0.6 is 0 Å². The van der Waals surface area contributed by atoms with Gasteiger partial charge in [0.2, 0.25) is 15.9 Å². The van der Waals surface area contributed by atoms with E-state index >= 15 is 0 Å². The number of urea groups is 1. The van der Waals surface area contributed by atoms with Crippen LogP contribution in [0.15, 0.2) is 59.5 Å². The van der Waals surface area contributed by atoms with Gasteiger partial charge in [0, 0.05) is 18.8 Å². The molecule has 2 heterocycles. The molecule has 2 aliphatic rings. The lowest BCUT2D eigenvalue weighted by atomic mass is 10.2. The van der Waals surface area contributed by atoms with Crippen LogP contribution in [-0.4, -0.2) is 65.9 Å². The van der Waals surface area contributed by atoms with Gasteiger partial charge in [-0.2, -0.15) is 4.31 Å². The Labute approximate surface area is 190 Å². The van der Waals surface area contributed by atoms with Gasteiger partial charge in [-0.25, -0.2) is 18.1 Å². The van der Waals surface area contributed by atoms with Crippen LogP contribution in [0.5, 0.6) is 0 Å². The minimum atomic E-state index is -3.58. The molecule has 0 saturated carbocycles. The fraction of sp³-hybridized carbons (Fsp3) is 0.273. The summed E-state index contributed by atoms with van der Waals surface area (Å²) in [5.74, 6) is -2.76. The van der Waals surface area contributed by atoms with E-state index in [-0.39, 0.29) is 11.4 Å². The third kappa shape index (κ3) is 4.64. The van der Waals surface area contributed by atoms with Crippen LogP contribution in [0.2, 0.25) is 0 Å². The van der Waals surface area contributed by atoms with Crippen molar-refractivity contribution < 1.29 is 27.6 Å². The highest BCUT2D eigenvalue weighted by Crippen LogP contribution is 2.22. The Kier molecular flexibility index (Phi) is 6.25. The smallest absolute Gasteiger partial charge is 0.325 e. The summed E-state index contributed by atoms with van der Waals surface area (Å²) in [5, 5.41) is 2.51. The van der Waals surface area contributed by atoms with Crippen molar-refractivity contribution in [2.75, 3.05) is 25.0 Å². The SMILES string of the molecule is O=C(CN1C(=O)C(=O)N(Cc2ccccc2)C1=O)Nc1ccc(S(=O)(=O)N2CCCC2)cc1. The van der Waals surface area contributed by atoms with Crippen LogP contribution in [0.4, 0.5) is 10.5 Å². The molecule has 0 bridgehead atoms. The first kappa shape index (κ1) is 22.6. The van der Waals surface area contributed by atoms with Gasteiger partial charge in [-0.05, 0) is 42.7 Å². The van der Waals surface area contributed by atoms with Crippen molar-refractivity contribution >= 4 is 39.5 Å². The third-order valence-electron chi connectivity index (χ3n) is 5.46. The fourth-order valence-corrected chi connectivity index (χ4v) is 5.24. The van der Waals surface area contributed by atoms with Crippen LogP contribution in [-0.2, 0) is 31.0 Å². The summed E-state index contributed by atoms with van der Waals surface area (Å²) in [6, 6.07) is 13.5. The predicted molar refractivity (Wildman–Crippen MR) is 117 cm³/mol. The second-order valence-corrected chi connectivity index (χ2v) is 9.67. The van der Waals surface area contributed by atoms with E-state index in [9.17, 15) is 27.6 Å². The van der Waals surface area contributed by atoms with E-state index < -0.39 is 40.3 Å². The van der Waals surface area contributed by atoms with Gasteiger partial charge in [0.15, 0.2) is 0 Å². The number of hydrogen-bond acceptors (Lipinski definition) is 6. The zero-order valence-corrected chi connectivity index (χ0v) is 18.5. The van der Waals surface area contributed by atoms with Crippen molar-refractivity contribution in [2.24, 2.45) is 0 Å². The summed E-state index contributed by atoms with van der Waals surface area (Å²) >= 11 is 0. The molecule has 10 nitrogen and oxygen atoms in total. The van der Waals surface area contributed by atoms with Crippen LogP contribution in [0, 0.1) is 0 Å². The maximum absolute atomic E-state index is 12.6. The molecule has 0 aliphatic carbocycles. The first-order valence-electron chi connectivity index (χ1n) is 10.4. The van der Waals surface area contributed by atoms with Gasteiger partial charge in [0.05, 0.1) is 11.4 Å². The largest absolute Gasteiger partial charge is 0.335 e. The van der Waals surface area contributed by atoms with Crippen molar-refractivity contribution in [1.29, 1.82) is 0 Å². The standard InChI is InChI=1S/C22H22N4O6S/c27-19(23-17-8-10-18(11-9-17)33(31,32)24-12-4-5-13-24)15-26-21(29)20(28)25(22(26)30)14-16-6-2-1-3-7-16/h1-3,6-11H,4-5,12-15H2,(H,23,27). The predicted octanol–water partition coefficient (Wildman–Crippen LogP) is 1.40. The first-order valence-corrected chi connectivity index (χ1v) is 11.8. The highest BCUT2D eigenvalue weighted by Gasteiger charge is 2.45. The monoisotopic (exact) mass is 470 g/mol. The van der Waals surface area contributed by atoms with Crippen molar-refractivity contribution in [3.8, 4) is 0 Å². The number of benzene rings is 2. The van der Waals surface area contributed by atoms with Crippen molar-refractivity contribution in [1.82, 2.24) is 14.1 Å². The molecule has 33 heavy (non-hydrogen) atoms. The minimum Gasteiger partial charge on any atom is -0.325 e. The average molecular weight is 471 g/mol. The quantitative estimate of drug-likeness (QED) is 0.482. The van der Waals surface area contributed by atoms with Gasteiger partial charge in [-0.1, -0.05) is 30.3 Å². The number of hydrogen-bond donors (Lipinski definition) is 1. The van der Waals surface area contributed by atoms with E-state index in [1.165, 1.54) is 28.6 Å². The normalized spacial score (nSPS) is 17.2. The molecule has 4 rings (SSSR count). The van der Waals surface area contributed by atoms with Gasteiger partial charge < -0.3 is 5.32 Å². The molecule has 172 valence electrons. The summed E-state index contributed by atoms with van der Waals surface area (Å²) in [4.78, 5) is 51.0. The summed E-state index contributed by atoms with van der Waals surface area (Å²) in [6.45, 7) is 0.259. The Hall–Kier alpha value is -3.57. The van der Waals surface area contributed by atoms with Gasteiger partial charge >= 0.3 is 17.8 Å². The highest BCUT2D eigenvalue weighted by molar-refractivity contribution is 7.89. The molecule has 0 unspecified atom stereocenters. The Bertz CT molecular complexity index is 1190. The number of nitrogens with one attached hydrogen (secondary N) is 1. The molecular weight excluding hydrogens is 448 g/mol. The lowest BCUT2D eigenvalue weighted by molar-refractivity contribution is -0.143. The van der Waals surface area contributed by atoms with E-state index in [1.54, 1.807) is 30.3 Å². The number of imide groups is 2. The molecule has 1 N–H and O–H groups in total. The molecule has 2 aromatic carbocycles. The Balaban J connectivity index is 1.38. The van der Waals surface area contributed by atoms with E-state index in [0.29, 0.717) is 29.2 Å². The minimum absolute atomic E-state index is 0.0741. The molecule has 0 atom stereocenters. The van der Waals surface area contributed by atoms with Crippen molar-refractivity contribution in [3.63, 3.8) is 0 Å². The van der Waals surface area contributed by atoms with Gasteiger partial charge in [-0.15, -0.1) is 0 Å². The second kappa shape index (κ2) is 9.12. The number of sulfonamides is 1. The van der Waals surface area contributed by atoms with Crippen LogP contribution in [0.25, 0.3) is 0 Å². The summed E-state index contributed by atoms with van der Waals surface area (Å²) in [7, 11) is -3.58. The molecule has 2 fully saturated rings. The number of carbonyl (C=O) groups excluding carboxylic acids is 4. The Morgan fingerprint density at radius 3 is 2.09 bits per heavy atom. The lowest BCUT2D eigenvalue weighted by Crippen LogP contribution is -2.38. The summed E-state index contributed by atoms with van der Waals surface area (Å²) in [5.41, 5.74) is 0.967. The van der Waals surface area contributed by atoms with Crippen LogP contribution in [0.1, 0.15) is 18.4 Å². The molecule has 0 radical (unpaired) electrons. The van der Waals surface area contributed by atoms with E-state index in [2.05, 4.69) is 5.32 Å². The third-order valence-corrected chi connectivity index (χ3v) is 7.37. The summed E-state index contributed by atoms with van der Waals surface area (Å²) in [6.07, 6.45) is 1.65. The maximum atomic E-state index is 12.6. The Morgan fingerprint density at radius 1 is 0.848 bits per heavy atom. The van der Waals surface area contributed by atoms with E-state index in [1.807, 2.05) is 0 Å². The first-order chi connectivity index (χ1) is 15.8. The molecule has 5 amide bonds. The van der Waals surface area contributed by atoms with Crippen molar-refractivity contribution in [2.45, 2.75) is 24.3 Å². The van der Waals surface area contributed by atoms with Gasteiger partial charge in [0.25, 0.3) is 0 Å². The lowest BCUT2D eigenvalue weighted by Gasteiger charge is -2.16. The van der Waals surface area contributed by atoms with Crippen molar-refractivity contribution in [3.05, 3.63) is 60.2 Å². The fourth-order valence-electron chi connectivity index (χ4n) is 3.73. The second-order valence-electron chi connectivity index (χ2n) is 7.73. The number of carbonyl (C=O) groups is 4. The van der Waals surface area contributed by atoms with Gasteiger partial charge in [-0.3, -0.25) is 19.3 Å². The number of nitrogens with zero attached hydrogens (tertiary/aromatic N) is 3. The molecular formula is C22H22N4O6S. The topological polar surface area (TPSA) is 124 Å². The zero-order valence-electron chi connectivity index (χ0n) is 17.6. The molecule has 0 spiro atoms. The van der Waals surface area contributed by atoms with E-state index in [4.69, 9.17) is 0 Å². The molecule has 0 aromatic heterocycles. The van der Waals surface area contributed by atoms with Crippen LogP contribution in [0.3, 0.4) is 0 Å². The zero-order chi connectivity index (χ0) is 23.6. The van der Waals surface area contributed by atoms with Gasteiger partial charge in [0.1, 0.15) is 6.54 Å². The Morgan fingerprint density at radius 2 is 1.45 bits per heavy atom. The maximum Gasteiger partial charge on any atom is 0.335 e. The summed E-state index contributed by atoms with van der Waals surface area (Å²) < 4.78 is 26.6. The molecule has 11 heteroatoms. The molecule has 2 aliphatic heterocycles. The average Bonchev–Trinajstić information content (AvgIpc) is 3.42. The molecule has 2 saturated heterocycles. The number of rotatable bonds is 7. The van der Waals surface area contributed by atoms with E-state index in [0.717, 1.165) is 17.7 Å². The van der Waals surface area contributed by atoms with Crippen LogP contribution < -0.4 is 5.32 Å². The molecule has 2 aromatic rings.